The van der Waals surface area contributed by atoms with E-state index in [1.165, 1.54) is 12.3 Å². The van der Waals surface area contributed by atoms with Crippen LogP contribution in [0.4, 0.5) is 0 Å². The van der Waals surface area contributed by atoms with E-state index in [4.69, 9.17) is 5.21 Å². The number of Topliss-reactive ketones (excluding diaryl/α,β-unsaturated/α-hetero) is 1. The summed E-state index contributed by atoms with van der Waals surface area (Å²) in [5, 5.41) is 11.2. The first-order valence-corrected chi connectivity index (χ1v) is 4.55. The van der Waals surface area contributed by atoms with Gasteiger partial charge < -0.3 is 9.94 Å². The molecule has 6 heteroatoms. The summed E-state index contributed by atoms with van der Waals surface area (Å²) in [5.74, 6) is -1.75. The van der Waals surface area contributed by atoms with E-state index < -0.39 is 17.5 Å². The molecule has 0 aliphatic rings. The van der Waals surface area contributed by atoms with E-state index in [0.29, 0.717) is 0 Å². The van der Waals surface area contributed by atoms with Gasteiger partial charge in [0.15, 0.2) is 0 Å². The summed E-state index contributed by atoms with van der Waals surface area (Å²) in [6, 6.07) is 4.62. The minimum absolute atomic E-state index is 0.0170. The standard InChI is InChI=1S/C10H10N2O4/c1-2-16-10(14)8(12-15)9(13)7-5-3-4-6-11-7/h3-6,15H,2H2,1H3. The van der Waals surface area contributed by atoms with Crippen LogP contribution >= 0.6 is 0 Å². The second-order valence-electron chi connectivity index (χ2n) is 2.71. The third-order valence-corrected chi connectivity index (χ3v) is 1.68. The molecule has 0 radical (unpaired) electrons. The number of rotatable bonds is 4. The van der Waals surface area contributed by atoms with Crippen molar-refractivity contribution in [3.8, 4) is 0 Å². The van der Waals surface area contributed by atoms with Gasteiger partial charge in [0.25, 0.3) is 0 Å². The normalized spacial score (nSPS) is 10.9. The maximum absolute atomic E-state index is 11.6. The number of ether oxygens (including phenoxy) is 1. The zero-order chi connectivity index (χ0) is 12.0. The van der Waals surface area contributed by atoms with Crippen LogP contribution in [0.2, 0.25) is 0 Å². The summed E-state index contributed by atoms with van der Waals surface area (Å²) in [4.78, 5) is 26.6. The average molecular weight is 222 g/mol. The lowest BCUT2D eigenvalue weighted by Crippen LogP contribution is -2.27. The number of pyridine rings is 1. The molecule has 0 bridgehead atoms. The molecule has 16 heavy (non-hydrogen) atoms. The Morgan fingerprint density at radius 1 is 1.50 bits per heavy atom. The van der Waals surface area contributed by atoms with Crippen LogP contribution in [-0.2, 0) is 9.53 Å². The maximum Gasteiger partial charge on any atom is 0.364 e. The van der Waals surface area contributed by atoms with E-state index in [1.54, 1.807) is 19.1 Å². The van der Waals surface area contributed by atoms with E-state index in [1.807, 2.05) is 0 Å². The zero-order valence-corrected chi connectivity index (χ0v) is 8.58. The third kappa shape index (κ3) is 2.63. The Morgan fingerprint density at radius 3 is 2.75 bits per heavy atom. The predicted octanol–water partition coefficient (Wildman–Crippen LogP) is 0.658. The van der Waals surface area contributed by atoms with Gasteiger partial charge in [-0.25, -0.2) is 4.79 Å². The largest absolute Gasteiger partial charge is 0.461 e. The Kier molecular flexibility index (Phi) is 4.14. The molecule has 1 aromatic rings. The molecule has 0 fully saturated rings. The van der Waals surface area contributed by atoms with Crippen molar-refractivity contribution in [2.45, 2.75) is 6.92 Å². The van der Waals surface area contributed by atoms with Gasteiger partial charge >= 0.3 is 5.97 Å². The Morgan fingerprint density at radius 2 is 2.25 bits per heavy atom. The fourth-order valence-corrected chi connectivity index (χ4v) is 0.997. The number of esters is 1. The molecule has 0 spiro atoms. The summed E-state index contributed by atoms with van der Waals surface area (Å²) in [7, 11) is 0. The topological polar surface area (TPSA) is 88.9 Å². The second-order valence-corrected chi connectivity index (χ2v) is 2.71. The molecular weight excluding hydrogens is 212 g/mol. The number of hydrogen-bond acceptors (Lipinski definition) is 6. The third-order valence-electron chi connectivity index (χ3n) is 1.68. The highest BCUT2D eigenvalue weighted by Crippen LogP contribution is 1.99. The van der Waals surface area contributed by atoms with Crippen LogP contribution in [0.25, 0.3) is 0 Å². The molecule has 0 atom stereocenters. The molecule has 0 saturated heterocycles. The highest BCUT2D eigenvalue weighted by molar-refractivity contribution is 6.67. The number of hydrogen-bond donors (Lipinski definition) is 1. The SMILES string of the molecule is CCOC(=O)C(=NO)C(=O)c1ccccn1. The molecule has 6 nitrogen and oxygen atoms in total. The Labute approximate surface area is 91.6 Å². The fourth-order valence-electron chi connectivity index (χ4n) is 0.997. The second kappa shape index (κ2) is 5.59. The van der Waals surface area contributed by atoms with E-state index in [0.717, 1.165) is 0 Å². The molecule has 1 aromatic heterocycles. The van der Waals surface area contributed by atoms with Crippen LogP contribution in [0.15, 0.2) is 29.6 Å². The molecule has 0 saturated carbocycles. The summed E-state index contributed by atoms with van der Waals surface area (Å²) in [6.07, 6.45) is 1.40. The number of carbonyl (C=O) groups is 2. The van der Waals surface area contributed by atoms with Gasteiger partial charge in [0, 0.05) is 6.20 Å². The number of carbonyl (C=O) groups excluding carboxylic acids is 2. The lowest BCUT2D eigenvalue weighted by molar-refractivity contribution is -0.135. The van der Waals surface area contributed by atoms with Gasteiger partial charge in [-0.3, -0.25) is 9.78 Å². The van der Waals surface area contributed by atoms with Crippen molar-refractivity contribution in [3.63, 3.8) is 0 Å². The molecule has 0 amide bonds. The van der Waals surface area contributed by atoms with Gasteiger partial charge in [0.2, 0.25) is 11.5 Å². The number of oxime groups is 1. The van der Waals surface area contributed by atoms with Gasteiger partial charge in [0.1, 0.15) is 5.69 Å². The van der Waals surface area contributed by atoms with Crippen molar-refractivity contribution in [1.82, 2.24) is 4.98 Å². The van der Waals surface area contributed by atoms with Crippen LogP contribution in [0.1, 0.15) is 17.4 Å². The molecule has 1 N–H and O–H groups in total. The van der Waals surface area contributed by atoms with Gasteiger partial charge in [-0.15, -0.1) is 0 Å². The van der Waals surface area contributed by atoms with Crippen molar-refractivity contribution in [1.29, 1.82) is 0 Å². The summed E-state index contributed by atoms with van der Waals surface area (Å²) in [6.45, 7) is 1.67. The molecule has 1 rings (SSSR count). The van der Waals surface area contributed by atoms with E-state index >= 15 is 0 Å². The minimum atomic E-state index is -0.972. The molecular formula is C10H10N2O4. The van der Waals surface area contributed by atoms with Crippen LogP contribution in [0.5, 0.6) is 0 Å². The van der Waals surface area contributed by atoms with Gasteiger partial charge in [-0.2, -0.15) is 0 Å². The highest BCUT2D eigenvalue weighted by atomic mass is 16.5. The molecule has 84 valence electrons. The smallest absolute Gasteiger partial charge is 0.364 e. The Bertz CT molecular complexity index is 414. The summed E-state index contributed by atoms with van der Waals surface area (Å²) < 4.78 is 4.56. The van der Waals surface area contributed by atoms with E-state index in [2.05, 4.69) is 14.9 Å². The number of aromatic nitrogens is 1. The molecule has 0 aliphatic heterocycles. The zero-order valence-electron chi connectivity index (χ0n) is 8.58. The first-order chi connectivity index (χ1) is 7.70. The lowest BCUT2D eigenvalue weighted by atomic mass is 10.1. The van der Waals surface area contributed by atoms with Gasteiger partial charge in [0.05, 0.1) is 6.61 Å². The van der Waals surface area contributed by atoms with Crippen LogP contribution in [0, 0.1) is 0 Å². The first kappa shape index (κ1) is 11.8. The van der Waals surface area contributed by atoms with E-state index in [-0.39, 0.29) is 12.3 Å². The van der Waals surface area contributed by atoms with Crippen molar-refractivity contribution in [2.75, 3.05) is 6.61 Å². The van der Waals surface area contributed by atoms with Crippen molar-refractivity contribution < 1.29 is 19.5 Å². The number of nitrogens with zero attached hydrogens (tertiary/aromatic N) is 2. The Balaban J connectivity index is 2.92. The van der Waals surface area contributed by atoms with E-state index in [9.17, 15) is 9.59 Å². The van der Waals surface area contributed by atoms with Gasteiger partial charge in [-0.05, 0) is 19.1 Å². The van der Waals surface area contributed by atoms with Crippen LogP contribution in [-0.4, -0.2) is 34.3 Å². The molecule has 1 heterocycles. The summed E-state index contributed by atoms with van der Waals surface area (Å²) >= 11 is 0. The lowest BCUT2D eigenvalue weighted by Gasteiger charge is -2.02. The first-order valence-electron chi connectivity index (χ1n) is 4.55. The fraction of sp³-hybridized carbons (Fsp3) is 0.200. The highest BCUT2D eigenvalue weighted by Gasteiger charge is 2.24. The van der Waals surface area contributed by atoms with Crippen LogP contribution in [0.3, 0.4) is 0 Å². The van der Waals surface area contributed by atoms with Crippen molar-refractivity contribution >= 4 is 17.5 Å². The predicted molar refractivity (Wildman–Crippen MR) is 54.4 cm³/mol. The van der Waals surface area contributed by atoms with Crippen molar-refractivity contribution in [3.05, 3.63) is 30.1 Å². The van der Waals surface area contributed by atoms with Crippen LogP contribution < -0.4 is 0 Å². The minimum Gasteiger partial charge on any atom is -0.461 e. The molecule has 0 aromatic carbocycles. The monoisotopic (exact) mass is 222 g/mol. The molecule has 0 unspecified atom stereocenters. The summed E-state index contributed by atoms with van der Waals surface area (Å²) in [5.41, 5.74) is -0.663. The van der Waals surface area contributed by atoms with Crippen molar-refractivity contribution in [2.24, 2.45) is 5.16 Å². The average Bonchev–Trinajstić information content (AvgIpc) is 2.31. The quantitative estimate of drug-likeness (QED) is 0.202. The Hall–Kier alpha value is -2.24. The molecule has 0 aliphatic carbocycles. The maximum atomic E-state index is 11.6. The number of ketones is 1. The van der Waals surface area contributed by atoms with Gasteiger partial charge in [-0.1, -0.05) is 11.2 Å².